The van der Waals surface area contributed by atoms with Gasteiger partial charge in [-0.15, -0.1) is 0 Å². The third-order valence-corrected chi connectivity index (χ3v) is 3.50. The Morgan fingerprint density at radius 2 is 2.12 bits per heavy atom. The zero-order valence-corrected chi connectivity index (χ0v) is 10.2. The van der Waals surface area contributed by atoms with Crippen LogP contribution in [0.5, 0.6) is 0 Å². The first-order valence-corrected chi connectivity index (χ1v) is 6.28. The van der Waals surface area contributed by atoms with E-state index < -0.39 is 0 Å². The third kappa shape index (κ3) is 3.04. The molecular weight excluding hydrogens is 202 g/mol. The monoisotopic (exact) mass is 223 g/mol. The summed E-state index contributed by atoms with van der Waals surface area (Å²) in [5, 5.41) is 7.27. The van der Waals surface area contributed by atoms with Gasteiger partial charge in [0.05, 0.1) is 6.54 Å². The molecule has 90 valence electrons. The van der Waals surface area contributed by atoms with Crippen molar-refractivity contribution in [2.75, 3.05) is 0 Å². The van der Waals surface area contributed by atoms with Crippen LogP contribution >= 0.6 is 0 Å². The Balaban J connectivity index is 1.76. The Morgan fingerprint density at radius 1 is 1.38 bits per heavy atom. The zero-order chi connectivity index (χ0) is 11.4. The second-order valence-electron chi connectivity index (χ2n) is 4.80. The largest absolute Gasteiger partial charge is 0.338 e. The molecule has 1 N–H and O–H groups in total. The van der Waals surface area contributed by atoms with Gasteiger partial charge in [0.1, 0.15) is 0 Å². The van der Waals surface area contributed by atoms with Crippen LogP contribution in [0, 0.1) is 12.8 Å². The van der Waals surface area contributed by atoms with Crippen molar-refractivity contribution >= 4 is 0 Å². The SMILES string of the molecule is Cc1noc(CNC(C)C2CCCCC2)n1. The van der Waals surface area contributed by atoms with Crippen molar-refractivity contribution < 1.29 is 4.52 Å². The van der Waals surface area contributed by atoms with E-state index in [9.17, 15) is 0 Å². The van der Waals surface area contributed by atoms with E-state index in [1.165, 1.54) is 32.1 Å². The van der Waals surface area contributed by atoms with Gasteiger partial charge in [0.25, 0.3) is 0 Å². The highest BCUT2D eigenvalue weighted by molar-refractivity contribution is 4.84. The van der Waals surface area contributed by atoms with E-state index in [0.717, 1.165) is 5.92 Å². The van der Waals surface area contributed by atoms with Crippen molar-refractivity contribution in [2.45, 2.75) is 58.5 Å². The van der Waals surface area contributed by atoms with Gasteiger partial charge in [0.2, 0.25) is 5.89 Å². The van der Waals surface area contributed by atoms with Crippen LogP contribution in [0.2, 0.25) is 0 Å². The summed E-state index contributed by atoms with van der Waals surface area (Å²) in [5.74, 6) is 2.22. The first-order chi connectivity index (χ1) is 7.75. The molecule has 16 heavy (non-hydrogen) atoms. The fourth-order valence-electron chi connectivity index (χ4n) is 2.46. The third-order valence-electron chi connectivity index (χ3n) is 3.50. The Labute approximate surface area is 96.8 Å². The summed E-state index contributed by atoms with van der Waals surface area (Å²) < 4.78 is 5.08. The van der Waals surface area contributed by atoms with Crippen LogP contribution in [0.4, 0.5) is 0 Å². The Kier molecular flexibility index (Phi) is 3.93. The van der Waals surface area contributed by atoms with Gasteiger partial charge in [-0.25, -0.2) is 0 Å². The van der Waals surface area contributed by atoms with Gasteiger partial charge in [-0.2, -0.15) is 4.98 Å². The highest BCUT2D eigenvalue weighted by Gasteiger charge is 2.19. The van der Waals surface area contributed by atoms with Crippen LogP contribution in [-0.4, -0.2) is 16.2 Å². The van der Waals surface area contributed by atoms with Crippen LogP contribution in [-0.2, 0) is 6.54 Å². The minimum Gasteiger partial charge on any atom is -0.338 e. The fraction of sp³-hybridized carbons (Fsp3) is 0.833. The standard InChI is InChI=1S/C12H21N3O/c1-9(11-6-4-3-5-7-11)13-8-12-14-10(2)15-16-12/h9,11,13H,3-8H2,1-2H3. The summed E-state index contributed by atoms with van der Waals surface area (Å²) in [5.41, 5.74) is 0. The smallest absolute Gasteiger partial charge is 0.240 e. The average Bonchev–Trinajstić information content (AvgIpc) is 2.73. The van der Waals surface area contributed by atoms with Crippen molar-refractivity contribution in [2.24, 2.45) is 5.92 Å². The van der Waals surface area contributed by atoms with Gasteiger partial charge in [0, 0.05) is 6.04 Å². The van der Waals surface area contributed by atoms with E-state index in [1.807, 2.05) is 6.92 Å². The lowest BCUT2D eigenvalue weighted by Gasteiger charge is -2.27. The first-order valence-electron chi connectivity index (χ1n) is 6.28. The normalized spacial score (nSPS) is 19.9. The molecule has 0 spiro atoms. The molecular formula is C12H21N3O. The highest BCUT2D eigenvalue weighted by atomic mass is 16.5. The topological polar surface area (TPSA) is 51.0 Å². The number of rotatable bonds is 4. The number of nitrogens with one attached hydrogen (secondary N) is 1. The van der Waals surface area contributed by atoms with Gasteiger partial charge in [-0.05, 0) is 32.6 Å². The number of aryl methyl sites for hydroxylation is 1. The van der Waals surface area contributed by atoms with Crippen molar-refractivity contribution in [1.82, 2.24) is 15.5 Å². The summed E-state index contributed by atoms with van der Waals surface area (Å²) in [4.78, 5) is 4.19. The lowest BCUT2D eigenvalue weighted by atomic mass is 9.84. The maximum atomic E-state index is 5.08. The van der Waals surface area contributed by atoms with Crippen LogP contribution < -0.4 is 5.32 Å². The van der Waals surface area contributed by atoms with E-state index in [4.69, 9.17) is 4.52 Å². The predicted molar refractivity (Wildman–Crippen MR) is 61.9 cm³/mol. The Bertz CT molecular complexity index is 318. The molecule has 1 saturated carbocycles. The lowest BCUT2D eigenvalue weighted by molar-refractivity contribution is 0.269. The number of hydrogen-bond donors (Lipinski definition) is 1. The maximum Gasteiger partial charge on any atom is 0.240 e. The van der Waals surface area contributed by atoms with Crippen LogP contribution in [0.1, 0.15) is 50.7 Å². The molecule has 1 atom stereocenters. The molecule has 1 heterocycles. The van der Waals surface area contributed by atoms with Gasteiger partial charge in [-0.1, -0.05) is 24.4 Å². The molecule has 0 aromatic carbocycles. The molecule has 0 aliphatic heterocycles. The van der Waals surface area contributed by atoms with Gasteiger partial charge < -0.3 is 9.84 Å². The molecule has 0 bridgehead atoms. The minimum atomic E-state index is 0.549. The Morgan fingerprint density at radius 3 is 2.75 bits per heavy atom. The predicted octanol–water partition coefficient (Wildman–Crippen LogP) is 2.44. The molecule has 2 rings (SSSR count). The summed E-state index contributed by atoms with van der Waals surface area (Å²) in [7, 11) is 0. The van der Waals surface area contributed by atoms with E-state index in [1.54, 1.807) is 0 Å². The molecule has 1 fully saturated rings. The second-order valence-corrected chi connectivity index (χ2v) is 4.80. The molecule has 1 aromatic heterocycles. The van der Waals surface area contributed by atoms with E-state index in [-0.39, 0.29) is 0 Å². The van der Waals surface area contributed by atoms with E-state index >= 15 is 0 Å². The van der Waals surface area contributed by atoms with E-state index in [0.29, 0.717) is 24.3 Å². The van der Waals surface area contributed by atoms with Gasteiger partial charge in [0.15, 0.2) is 5.82 Å². The summed E-state index contributed by atoms with van der Waals surface area (Å²) in [6, 6.07) is 0.549. The quantitative estimate of drug-likeness (QED) is 0.851. The molecule has 1 aromatic rings. The molecule has 4 heteroatoms. The number of nitrogens with zero attached hydrogens (tertiary/aromatic N) is 2. The molecule has 1 aliphatic rings. The molecule has 0 amide bonds. The summed E-state index contributed by atoms with van der Waals surface area (Å²) >= 11 is 0. The van der Waals surface area contributed by atoms with Gasteiger partial charge >= 0.3 is 0 Å². The van der Waals surface area contributed by atoms with Crippen LogP contribution in [0.15, 0.2) is 4.52 Å². The molecule has 0 saturated heterocycles. The summed E-state index contributed by atoms with van der Waals surface area (Å²) in [6.07, 6.45) is 6.90. The molecule has 1 aliphatic carbocycles. The average molecular weight is 223 g/mol. The Hall–Kier alpha value is -0.900. The molecule has 1 unspecified atom stereocenters. The lowest BCUT2D eigenvalue weighted by Crippen LogP contribution is -2.34. The van der Waals surface area contributed by atoms with Crippen molar-refractivity contribution in [1.29, 1.82) is 0 Å². The first kappa shape index (κ1) is 11.6. The molecule has 4 nitrogen and oxygen atoms in total. The number of aromatic nitrogens is 2. The van der Waals surface area contributed by atoms with Crippen molar-refractivity contribution in [3.8, 4) is 0 Å². The summed E-state index contributed by atoms with van der Waals surface area (Å²) in [6.45, 7) is 4.80. The van der Waals surface area contributed by atoms with Crippen molar-refractivity contribution in [3.05, 3.63) is 11.7 Å². The zero-order valence-electron chi connectivity index (χ0n) is 10.2. The van der Waals surface area contributed by atoms with Crippen molar-refractivity contribution in [3.63, 3.8) is 0 Å². The minimum absolute atomic E-state index is 0.549. The highest BCUT2D eigenvalue weighted by Crippen LogP contribution is 2.26. The second kappa shape index (κ2) is 5.43. The van der Waals surface area contributed by atoms with Gasteiger partial charge in [-0.3, -0.25) is 0 Å². The van der Waals surface area contributed by atoms with Crippen LogP contribution in [0.3, 0.4) is 0 Å². The number of hydrogen-bond acceptors (Lipinski definition) is 4. The van der Waals surface area contributed by atoms with E-state index in [2.05, 4.69) is 22.4 Å². The fourth-order valence-corrected chi connectivity index (χ4v) is 2.46. The molecule has 0 radical (unpaired) electrons. The van der Waals surface area contributed by atoms with Crippen LogP contribution in [0.25, 0.3) is 0 Å². The maximum absolute atomic E-state index is 5.08.